The van der Waals surface area contributed by atoms with E-state index in [1.165, 1.54) is 0 Å². The van der Waals surface area contributed by atoms with Gasteiger partial charge in [-0.05, 0) is 13.0 Å². The zero-order valence-electron chi connectivity index (χ0n) is 11.2. The summed E-state index contributed by atoms with van der Waals surface area (Å²) in [6.07, 6.45) is 1.84. The number of halogens is 2. The van der Waals surface area contributed by atoms with Crippen LogP contribution in [0.15, 0.2) is 35.8 Å². The Labute approximate surface area is 136 Å². The van der Waals surface area contributed by atoms with Crippen molar-refractivity contribution in [3.05, 3.63) is 52.3 Å². The summed E-state index contributed by atoms with van der Waals surface area (Å²) in [6, 6.07) is 7.69. The van der Waals surface area contributed by atoms with E-state index in [9.17, 15) is 0 Å². The molecule has 0 amide bonds. The van der Waals surface area contributed by atoms with E-state index in [2.05, 4.69) is 15.3 Å². The normalized spacial score (nSPS) is 12.5. The molecule has 2 heterocycles. The minimum atomic E-state index is -0.145. The molecule has 0 aliphatic carbocycles. The molecule has 1 unspecified atom stereocenters. The van der Waals surface area contributed by atoms with Gasteiger partial charge in [-0.1, -0.05) is 35.0 Å². The van der Waals surface area contributed by atoms with Gasteiger partial charge in [-0.3, -0.25) is 0 Å². The van der Waals surface area contributed by atoms with Crippen LogP contribution in [0, 0.1) is 0 Å². The maximum Gasteiger partial charge on any atom is 0.125 e. The first-order valence-corrected chi connectivity index (χ1v) is 8.06. The van der Waals surface area contributed by atoms with Gasteiger partial charge < -0.3 is 0 Å². The molecule has 0 saturated carbocycles. The highest BCUT2D eigenvalue weighted by Crippen LogP contribution is 2.30. The predicted octanol–water partition coefficient (Wildman–Crippen LogP) is 4.40. The van der Waals surface area contributed by atoms with Crippen LogP contribution in [-0.4, -0.2) is 20.0 Å². The molecule has 1 aromatic carbocycles. The van der Waals surface area contributed by atoms with Gasteiger partial charge in [0.05, 0.1) is 28.8 Å². The SMILES string of the molecule is CC(Cl)c1cn(Cc2csc(-c3ccccc3Cl)n2)nn1. The van der Waals surface area contributed by atoms with Crippen molar-refractivity contribution in [3.63, 3.8) is 0 Å². The maximum atomic E-state index is 6.19. The maximum absolute atomic E-state index is 6.19. The Morgan fingerprint density at radius 3 is 2.86 bits per heavy atom. The van der Waals surface area contributed by atoms with Crippen LogP contribution in [0.2, 0.25) is 5.02 Å². The summed E-state index contributed by atoms with van der Waals surface area (Å²) >= 11 is 13.7. The summed E-state index contributed by atoms with van der Waals surface area (Å²) in [7, 11) is 0. The fourth-order valence-electron chi connectivity index (χ4n) is 1.88. The average molecular weight is 339 g/mol. The third kappa shape index (κ3) is 3.26. The standard InChI is InChI=1S/C14H12Cl2N4S/c1-9(15)13-7-20(19-18-13)6-10-8-21-14(17-10)11-4-2-3-5-12(11)16/h2-5,7-9H,6H2,1H3. The first kappa shape index (κ1) is 14.5. The molecular formula is C14H12Cl2N4S. The summed E-state index contributed by atoms with van der Waals surface area (Å²) in [5, 5.41) is 11.5. The average Bonchev–Trinajstić information content (AvgIpc) is 3.09. The summed E-state index contributed by atoms with van der Waals surface area (Å²) in [5.74, 6) is 0. The Bertz CT molecular complexity index is 751. The van der Waals surface area contributed by atoms with Crippen molar-refractivity contribution in [1.82, 2.24) is 20.0 Å². The Balaban J connectivity index is 1.80. The Morgan fingerprint density at radius 1 is 1.33 bits per heavy atom. The van der Waals surface area contributed by atoms with Crippen LogP contribution >= 0.6 is 34.5 Å². The largest absolute Gasteiger partial charge is 0.246 e. The topological polar surface area (TPSA) is 43.6 Å². The molecule has 3 aromatic rings. The van der Waals surface area contributed by atoms with Crippen molar-refractivity contribution in [3.8, 4) is 10.6 Å². The molecule has 0 bridgehead atoms. The smallest absolute Gasteiger partial charge is 0.125 e. The first-order valence-electron chi connectivity index (χ1n) is 6.37. The zero-order chi connectivity index (χ0) is 14.8. The van der Waals surface area contributed by atoms with Crippen molar-refractivity contribution in [2.45, 2.75) is 18.8 Å². The number of benzene rings is 1. The van der Waals surface area contributed by atoms with E-state index in [-0.39, 0.29) is 5.38 Å². The molecule has 3 rings (SSSR count). The minimum Gasteiger partial charge on any atom is -0.246 e. The zero-order valence-corrected chi connectivity index (χ0v) is 13.5. The van der Waals surface area contributed by atoms with Gasteiger partial charge in [0.25, 0.3) is 0 Å². The van der Waals surface area contributed by atoms with Crippen LogP contribution in [0.4, 0.5) is 0 Å². The minimum absolute atomic E-state index is 0.145. The number of nitrogens with zero attached hydrogens (tertiary/aromatic N) is 4. The fraction of sp³-hybridized carbons (Fsp3) is 0.214. The van der Waals surface area contributed by atoms with Crippen molar-refractivity contribution in [2.24, 2.45) is 0 Å². The van der Waals surface area contributed by atoms with E-state index in [0.717, 1.165) is 22.0 Å². The van der Waals surface area contributed by atoms with Gasteiger partial charge in [0.1, 0.15) is 10.7 Å². The second-order valence-corrected chi connectivity index (χ2v) is 6.50. The summed E-state index contributed by atoms with van der Waals surface area (Å²) < 4.78 is 1.74. The van der Waals surface area contributed by atoms with E-state index in [4.69, 9.17) is 23.2 Å². The number of hydrogen-bond donors (Lipinski definition) is 0. The molecule has 7 heteroatoms. The summed E-state index contributed by atoms with van der Waals surface area (Å²) in [6.45, 7) is 2.44. The monoisotopic (exact) mass is 338 g/mol. The van der Waals surface area contributed by atoms with Crippen LogP contribution in [0.1, 0.15) is 23.7 Å². The van der Waals surface area contributed by atoms with E-state index < -0.39 is 0 Å². The number of aromatic nitrogens is 4. The van der Waals surface area contributed by atoms with Crippen LogP contribution < -0.4 is 0 Å². The van der Waals surface area contributed by atoms with E-state index in [1.807, 2.05) is 42.8 Å². The molecule has 21 heavy (non-hydrogen) atoms. The summed E-state index contributed by atoms with van der Waals surface area (Å²) in [4.78, 5) is 4.60. The lowest BCUT2D eigenvalue weighted by Gasteiger charge is -1.99. The lowest BCUT2D eigenvalue weighted by Crippen LogP contribution is -2.00. The third-order valence-corrected chi connectivity index (χ3v) is 4.42. The molecule has 4 nitrogen and oxygen atoms in total. The van der Waals surface area contributed by atoms with Gasteiger partial charge >= 0.3 is 0 Å². The highest BCUT2D eigenvalue weighted by molar-refractivity contribution is 7.13. The van der Waals surface area contributed by atoms with Gasteiger partial charge in [-0.25, -0.2) is 9.67 Å². The molecule has 108 valence electrons. The van der Waals surface area contributed by atoms with Crippen molar-refractivity contribution < 1.29 is 0 Å². The Kier molecular flexibility index (Phi) is 4.24. The van der Waals surface area contributed by atoms with Gasteiger partial charge in [0.2, 0.25) is 0 Å². The molecule has 2 aromatic heterocycles. The van der Waals surface area contributed by atoms with Crippen LogP contribution in [0.25, 0.3) is 10.6 Å². The molecule has 0 saturated heterocycles. The molecule has 0 aliphatic rings. The van der Waals surface area contributed by atoms with Gasteiger partial charge in [-0.15, -0.1) is 28.0 Å². The van der Waals surface area contributed by atoms with Gasteiger partial charge in [0.15, 0.2) is 0 Å². The van der Waals surface area contributed by atoms with Crippen molar-refractivity contribution in [1.29, 1.82) is 0 Å². The number of rotatable bonds is 4. The lowest BCUT2D eigenvalue weighted by molar-refractivity contribution is 0.641. The van der Waals surface area contributed by atoms with E-state index in [0.29, 0.717) is 11.6 Å². The summed E-state index contributed by atoms with van der Waals surface area (Å²) in [5.41, 5.74) is 2.64. The van der Waals surface area contributed by atoms with Crippen LogP contribution in [0.3, 0.4) is 0 Å². The molecule has 0 aliphatic heterocycles. The van der Waals surface area contributed by atoms with Crippen molar-refractivity contribution in [2.75, 3.05) is 0 Å². The quantitative estimate of drug-likeness (QED) is 0.662. The second-order valence-electron chi connectivity index (χ2n) is 4.58. The molecule has 1 atom stereocenters. The Morgan fingerprint density at radius 2 is 2.14 bits per heavy atom. The fourth-order valence-corrected chi connectivity index (χ4v) is 3.11. The number of alkyl halides is 1. The molecule has 0 N–H and O–H groups in total. The predicted molar refractivity (Wildman–Crippen MR) is 86.0 cm³/mol. The molecule has 0 radical (unpaired) electrons. The first-order chi connectivity index (χ1) is 10.1. The third-order valence-electron chi connectivity index (χ3n) is 2.94. The van der Waals surface area contributed by atoms with Gasteiger partial charge in [0, 0.05) is 10.9 Å². The lowest BCUT2D eigenvalue weighted by atomic mass is 10.2. The molecule has 0 fully saturated rings. The number of hydrogen-bond acceptors (Lipinski definition) is 4. The number of thiazole rings is 1. The van der Waals surface area contributed by atoms with E-state index >= 15 is 0 Å². The second kappa shape index (κ2) is 6.13. The highest BCUT2D eigenvalue weighted by Gasteiger charge is 2.10. The highest BCUT2D eigenvalue weighted by atomic mass is 35.5. The van der Waals surface area contributed by atoms with Crippen LogP contribution in [-0.2, 0) is 6.54 Å². The molecule has 0 spiro atoms. The Hall–Kier alpha value is -1.43. The van der Waals surface area contributed by atoms with E-state index in [1.54, 1.807) is 16.0 Å². The van der Waals surface area contributed by atoms with Crippen LogP contribution in [0.5, 0.6) is 0 Å². The van der Waals surface area contributed by atoms with Crippen molar-refractivity contribution >= 4 is 34.5 Å². The van der Waals surface area contributed by atoms with Gasteiger partial charge in [-0.2, -0.15) is 0 Å². The molecular weight excluding hydrogens is 327 g/mol.